The summed E-state index contributed by atoms with van der Waals surface area (Å²) >= 11 is 0. The Morgan fingerprint density at radius 1 is 1.47 bits per heavy atom. The van der Waals surface area contributed by atoms with Crippen molar-refractivity contribution in [2.45, 2.75) is 26.3 Å². The molecule has 0 bridgehead atoms. The zero-order chi connectivity index (χ0) is 13.0. The molecule has 2 atom stereocenters. The first kappa shape index (κ1) is 14.0. The third kappa shape index (κ3) is 3.19. The summed E-state index contributed by atoms with van der Waals surface area (Å²) in [6.07, 6.45) is 0.811. The van der Waals surface area contributed by atoms with Gasteiger partial charge in [-0.25, -0.2) is 0 Å². The van der Waals surface area contributed by atoms with Crippen LogP contribution in [0.5, 0.6) is 0 Å². The van der Waals surface area contributed by atoms with E-state index in [4.69, 9.17) is 0 Å². The van der Waals surface area contributed by atoms with Crippen molar-refractivity contribution in [3.05, 3.63) is 0 Å². The van der Waals surface area contributed by atoms with Gasteiger partial charge in [0.05, 0.1) is 0 Å². The molecule has 98 valence electrons. The van der Waals surface area contributed by atoms with E-state index >= 15 is 0 Å². The molecular formula is C12H23N3O2. The van der Waals surface area contributed by atoms with Crippen molar-refractivity contribution >= 4 is 11.8 Å². The summed E-state index contributed by atoms with van der Waals surface area (Å²) < 4.78 is 0. The Kier molecular flexibility index (Phi) is 4.93. The van der Waals surface area contributed by atoms with E-state index in [2.05, 4.69) is 5.32 Å². The van der Waals surface area contributed by atoms with E-state index in [0.717, 1.165) is 13.0 Å². The maximum absolute atomic E-state index is 12.2. The Morgan fingerprint density at radius 3 is 2.65 bits per heavy atom. The van der Waals surface area contributed by atoms with Crippen molar-refractivity contribution in [1.29, 1.82) is 0 Å². The number of carbonyl (C=O) groups is 2. The van der Waals surface area contributed by atoms with E-state index in [9.17, 15) is 9.59 Å². The molecule has 0 aliphatic carbocycles. The third-order valence-electron chi connectivity index (χ3n) is 3.29. The molecule has 1 aliphatic heterocycles. The van der Waals surface area contributed by atoms with Gasteiger partial charge in [0, 0.05) is 39.6 Å². The molecule has 5 heteroatoms. The molecule has 0 aromatic heterocycles. The number of piperazine rings is 1. The van der Waals surface area contributed by atoms with Crippen LogP contribution in [0.25, 0.3) is 0 Å². The summed E-state index contributed by atoms with van der Waals surface area (Å²) in [6, 6.07) is -0.347. The standard InChI is InChI=1S/C12H23N3O2/c1-5-9(2)11(16)15-7-6-13-8-10(15)12(17)14(3)4/h9-10,13H,5-8H2,1-4H3. The summed E-state index contributed by atoms with van der Waals surface area (Å²) in [5, 5.41) is 3.17. The summed E-state index contributed by atoms with van der Waals surface area (Å²) in [5.74, 6) is 0.0774. The molecular weight excluding hydrogens is 218 g/mol. The molecule has 0 aromatic carbocycles. The maximum atomic E-state index is 12.2. The van der Waals surface area contributed by atoms with Crippen LogP contribution in [0.15, 0.2) is 0 Å². The molecule has 0 aromatic rings. The molecule has 17 heavy (non-hydrogen) atoms. The zero-order valence-electron chi connectivity index (χ0n) is 11.2. The fourth-order valence-corrected chi connectivity index (χ4v) is 1.94. The van der Waals surface area contributed by atoms with Crippen LogP contribution in [-0.2, 0) is 9.59 Å². The fraction of sp³-hybridized carbons (Fsp3) is 0.833. The first-order valence-electron chi connectivity index (χ1n) is 6.21. The van der Waals surface area contributed by atoms with Gasteiger partial charge in [0.25, 0.3) is 0 Å². The number of rotatable bonds is 3. The topological polar surface area (TPSA) is 52.7 Å². The van der Waals surface area contributed by atoms with E-state index in [1.165, 1.54) is 0 Å². The summed E-state index contributed by atoms with van der Waals surface area (Å²) in [4.78, 5) is 27.5. The van der Waals surface area contributed by atoms with Crippen molar-refractivity contribution in [3.8, 4) is 0 Å². The van der Waals surface area contributed by atoms with Crippen LogP contribution in [0, 0.1) is 5.92 Å². The van der Waals surface area contributed by atoms with Crippen LogP contribution < -0.4 is 5.32 Å². The van der Waals surface area contributed by atoms with Gasteiger partial charge in [-0.05, 0) is 6.42 Å². The number of hydrogen-bond donors (Lipinski definition) is 1. The van der Waals surface area contributed by atoms with Gasteiger partial charge >= 0.3 is 0 Å². The van der Waals surface area contributed by atoms with Crippen LogP contribution in [0.3, 0.4) is 0 Å². The Labute approximate surface area is 103 Å². The number of nitrogens with zero attached hydrogens (tertiary/aromatic N) is 2. The second-order valence-corrected chi connectivity index (χ2v) is 4.79. The number of amides is 2. The first-order chi connectivity index (χ1) is 7.99. The third-order valence-corrected chi connectivity index (χ3v) is 3.29. The molecule has 1 fully saturated rings. The van der Waals surface area contributed by atoms with E-state index in [1.54, 1.807) is 23.9 Å². The predicted octanol–water partition coefficient (Wildman–Crippen LogP) is -0.0789. The predicted molar refractivity (Wildman–Crippen MR) is 66.5 cm³/mol. The lowest BCUT2D eigenvalue weighted by Crippen LogP contribution is -2.60. The molecule has 1 heterocycles. The van der Waals surface area contributed by atoms with E-state index in [-0.39, 0.29) is 23.8 Å². The van der Waals surface area contributed by atoms with E-state index in [1.807, 2.05) is 13.8 Å². The molecule has 2 unspecified atom stereocenters. The lowest BCUT2D eigenvalue weighted by atomic mass is 10.0. The monoisotopic (exact) mass is 241 g/mol. The Balaban J connectivity index is 2.79. The molecule has 0 saturated carbocycles. The van der Waals surface area contributed by atoms with Crippen molar-refractivity contribution in [2.75, 3.05) is 33.7 Å². The molecule has 1 N–H and O–H groups in total. The minimum atomic E-state index is -0.347. The molecule has 5 nitrogen and oxygen atoms in total. The zero-order valence-corrected chi connectivity index (χ0v) is 11.2. The van der Waals surface area contributed by atoms with Gasteiger partial charge in [0.1, 0.15) is 6.04 Å². The lowest BCUT2D eigenvalue weighted by molar-refractivity contribution is -0.147. The van der Waals surface area contributed by atoms with Crippen molar-refractivity contribution < 1.29 is 9.59 Å². The molecule has 1 rings (SSSR count). The first-order valence-corrected chi connectivity index (χ1v) is 6.21. The van der Waals surface area contributed by atoms with Crippen LogP contribution in [-0.4, -0.2) is 61.4 Å². The van der Waals surface area contributed by atoms with Crippen molar-refractivity contribution in [1.82, 2.24) is 15.1 Å². The second kappa shape index (κ2) is 6.00. The highest BCUT2D eigenvalue weighted by Crippen LogP contribution is 2.13. The summed E-state index contributed by atoms with van der Waals surface area (Å²) in [6.45, 7) is 5.85. The Bertz CT molecular complexity index is 291. The number of nitrogens with one attached hydrogen (secondary N) is 1. The number of hydrogen-bond acceptors (Lipinski definition) is 3. The van der Waals surface area contributed by atoms with Gasteiger partial charge in [-0.3, -0.25) is 9.59 Å². The molecule has 1 aliphatic rings. The minimum absolute atomic E-state index is 0.00569. The maximum Gasteiger partial charge on any atom is 0.246 e. The summed E-state index contributed by atoms with van der Waals surface area (Å²) in [7, 11) is 3.45. The number of likely N-dealkylation sites (N-methyl/N-ethyl adjacent to an activating group) is 1. The van der Waals surface area contributed by atoms with E-state index in [0.29, 0.717) is 13.1 Å². The smallest absolute Gasteiger partial charge is 0.246 e. The van der Waals surface area contributed by atoms with E-state index < -0.39 is 0 Å². The van der Waals surface area contributed by atoms with Gasteiger partial charge in [0.15, 0.2) is 0 Å². The quantitative estimate of drug-likeness (QED) is 0.752. The highest BCUT2D eigenvalue weighted by Gasteiger charge is 2.34. The Morgan fingerprint density at radius 2 is 2.12 bits per heavy atom. The lowest BCUT2D eigenvalue weighted by Gasteiger charge is -2.37. The average molecular weight is 241 g/mol. The van der Waals surface area contributed by atoms with Crippen molar-refractivity contribution in [2.24, 2.45) is 5.92 Å². The van der Waals surface area contributed by atoms with Crippen molar-refractivity contribution in [3.63, 3.8) is 0 Å². The minimum Gasteiger partial charge on any atom is -0.347 e. The molecule has 1 saturated heterocycles. The van der Waals surface area contributed by atoms with Gasteiger partial charge in [0.2, 0.25) is 11.8 Å². The number of carbonyl (C=O) groups excluding carboxylic acids is 2. The fourth-order valence-electron chi connectivity index (χ4n) is 1.94. The van der Waals surface area contributed by atoms with Crippen LogP contribution >= 0.6 is 0 Å². The highest BCUT2D eigenvalue weighted by atomic mass is 16.2. The second-order valence-electron chi connectivity index (χ2n) is 4.79. The van der Waals surface area contributed by atoms with Crippen LogP contribution in [0.4, 0.5) is 0 Å². The van der Waals surface area contributed by atoms with Gasteiger partial charge in [-0.15, -0.1) is 0 Å². The highest BCUT2D eigenvalue weighted by molar-refractivity contribution is 5.88. The molecule has 0 radical (unpaired) electrons. The molecule has 2 amide bonds. The van der Waals surface area contributed by atoms with Gasteiger partial charge in [-0.2, -0.15) is 0 Å². The van der Waals surface area contributed by atoms with Crippen LogP contribution in [0.1, 0.15) is 20.3 Å². The van der Waals surface area contributed by atoms with Gasteiger partial charge in [-0.1, -0.05) is 13.8 Å². The SMILES string of the molecule is CCC(C)C(=O)N1CCNCC1C(=O)N(C)C. The normalized spacial score (nSPS) is 22.1. The van der Waals surface area contributed by atoms with Gasteiger partial charge < -0.3 is 15.1 Å². The Hall–Kier alpha value is -1.10. The summed E-state index contributed by atoms with van der Waals surface area (Å²) in [5.41, 5.74) is 0. The molecule has 0 spiro atoms. The van der Waals surface area contributed by atoms with Crippen LogP contribution in [0.2, 0.25) is 0 Å². The average Bonchev–Trinajstić information content (AvgIpc) is 2.35. The largest absolute Gasteiger partial charge is 0.347 e.